The number of fused-ring (bicyclic) bond motifs is 1. The van der Waals surface area contributed by atoms with Crippen LogP contribution >= 0.6 is 11.0 Å². The maximum atomic E-state index is 14.3. The lowest BCUT2D eigenvalue weighted by atomic mass is 10.2. The summed E-state index contributed by atoms with van der Waals surface area (Å²) in [6.45, 7) is 0.712. The Morgan fingerprint density at radius 3 is 2.20 bits per heavy atom. The van der Waals surface area contributed by atoms with E-state index in [1.165, 1.54) is 20.7 Å². The summed E-state index contributed by atoms with van der Waals surface area (Å²) in [6, 6.07) is 13.2. The zero-order valence-electron chi connectivity index (χ0n) is 14.1. The number of nitrogens with zero attached hydrogens (tertiary/aromatic N) is 3. The van der Waals surface area contributed by atoms with Crippen molar-refractivity contribution < 1.29 is 13.5 Å². The molecule has 2 aromatic rings. The standard InChI is InChI=1S/C18H20FN3O2S/c1-20(2)13-7-8-14-21-17-11-5-6-12-18(17)22(25(21,23)24)16-10-4-3-9-15(16)19/h3-6,9-12,23-24H,13-14H2,1-2H3. The lowest BCUT2D eigenvalue weighted by Gasteiger charge is -2.43. The highest BCUT2D eigenvalue weighted by Crippen LogP contribution is 2.64. The number of halogens is 1. The summed E-state index contributed by atoms with van der Waals surface area (Å²) in [5.74, 6) is 5.42. The van der Waals surface area contributed by atoms with Gasteiger partial charge < -0.3 is 0 Å². The Labute approximate surface area is 148 Å². The molecule has 1 heterocycles. The van der Waals surface area contributed by atoms with Gasteiger partial charge in [-0.1, -0.05) is 36.1 Å². The SMILES string of the molecule is CN(C)CC#CCN1c2ccccc2N(c2ccccc2F)S1(O)O. The van der Waals surface area contributed by atoms with E-state index in [-0.39, 0.29) is 12.2 Å². The monoisotopic (exact) mass is 361 g/mol. The van der Waals surface area contributed by atoms with Crippen molar-refractivity contribution >= 4 is 28.0 Å². The second kappa shape index (κ2) is 6.94. The fourth-order valence-electron chi connectivity index (χ4n) is 2.60. The zero-order valence-corrected chi connectivity index (χ0v) is 14.9. The van der Waals surface area contributed by atoms with Crippen LogP contribution in [0, 0.1) is 17.7 Å². The molecule has 0 amide bonds. The molecule has 0 saturated heterocycles. The molecule has 1 aliphatic heterocycles. The lowest BCUT2D eigenvalue weighted by molar-refractivity contribution is 0.463. The van der Waals surface area contributed by atoms with Crippen molar-refractivity contribution in [3.8, 4) is 11.8 Å². The lowest BCUT2D eigenvalue weighted by Crippen LogP contribution is -2.31. The third kappa shape index (κ3) is 3.30. The predicted octanol–water partition coefficient (Wildman–Crippen LogP) is 3.93. The Kier molecular flexibility index (Phi) is 4.88. The van der Waals surface area contributed by atoms with Crippen LogP contribution < -0.4 is 8.61 Å². The number of anilines is 3. The molecule has 2 N–H and O–H groups in total. The second-order valence-electron chi connectivity index (χ2n) is 5.85. The van der Waals surface area contributed by atoms with Gasteiger partial charge in [0.05, 0.1) is 17.9 Å². The number of hydrogen-bond donors (Lipinski definition) is 2. The first-order chi connectivity index (χ1) is 11.9. The van der Waals surface area contributed by atoms with E-state index in [1.54, 1.807) is 36.4 Å². The highest BCUT2D eigenvalue weighted by Gasteiger charge is 2.42. The van der Waals surface area contributed by atoms with Crippen molar-refractivity contribution in [2.24, 2.45) is 0 Å². The highest BCUT2D eigenvalue weighted by atomic mass is 32.3. The maximum absolute atomic E-state index is 14.3. The molecular formula is C18H20FN3O2S. The van der Waals surface area contributed by atoms with Gasteiger partial charge in [0.2, 0.25) is 0 Å². The Hall–Kier alpha value is -2.24. The molecule has 3 rings (SSSR count). The predicted molar refractivity (Wildman–Crippen MR) is 102 cm³/mol. The molecule has 0 saturated carbocycles. The minimum Gasteiger partial charge on any atom is -0.299 e. The van der Waals surface area contributed by atoms with Crippen molar-refractivity contribution in [1.29, 1.82) is 0 Å². The number of benzene rings is 2. The summed E-state index contributed by atoms with van der Waals surface area (Å²) >= 11 is 0. The normalized spacial score (nSPS) is 16.4. The molecule has 0 aromatic heterocycles. The Morgan fingerprint density at radius 2 is 1.56 bits per heavy atom. The Morgan fingerprint density at radius 1 is 0.960 bits per heavy atom. The Balaban J connectivity index is 2.01. The van der Waals surface area contributed by atoms with Crippen LogP contribution in [0.3, 0.4) is 0 Å². The molecule has 7 heteroatoms. The number of rotatable bonds is 3. The van der Waals surface area contributed by atoms with Crippen LogP contribution in [-0.4, -0.2) is 41.2 Å². The van der Waals surface area contributed by atoms with Crippen molar-refractivity contribution in [1.82, 2.24) is 4.90 Å². The molecule has 0 spiro atoms. The fourth-order valence-corrected chi connectivity index (χ4v) is 4.28. The first-order valence-electron chi connectivity index (χ1n) is 7.73. The first kappa shape index (κ1) is 17.6. The van der Waals surface area contributed by atoms with E-state index in [9.17, 15) is 13.5 Å². The summed E-state index contributed by atoms with van der Waals surface area (Å²) in [5, 5.41) is 0. The van der Waals surface area contributed by atoms with Gasteiger partial charge in [-0.15, -0.1) is 0 Å². The van der Waals surface area contributed by atoms with E-state index < -0.39 is 16.8 Å². The summed E-state index contributed by atoms with van der Waals surface area (Å²) < 4.78 is 38.7. The second-order valence-corrected chi connectivity index (χ2v) is 7.64. The summed E-state index contributed by atoms with van der Waals surface area (Å²) in [4.78, 5) is 1.93. The summed E-state index contributed by atoms with van der Waals surface area (Å²) in [7, 11) is 0.368. The quantitative estimate of drug-likeness (QED) is 0.812. The molecule has 2 aromatic carbocycles. The van der Waals surface area contributed by atoms with Gasteiger partial charge in [-0.05, 0) is 49.3 Å². The largest absolute Gasteiger partial charge is 0.299 e. The Bertz CT molecular complexity index is 832. The average Bonchev–Trinajstić information content (AvgIpc) is 2.79. The third-order valence-corrected chi connectivity index (χ3v) is 5.52. The van der Waals surface area contributed by atoms with Crippen LogP contribution in [0.15, 0.2) is 48.5 Å². The zero-order chi connectivity index (χ0) is 18.0. The summed E-state index contributed by atoms with van der Waals surface area (Å²) in [6.07, 6.45) is 0. The van der Waals surface area contributed by atoms with E-state index >= 15 is 0 Å². The number of para-hydroxylation sites is 3. The van der Waals surface area contributed by atoms with Crippen molar-refractivity contribution in [3.63, 3.8) is 0 Å². The van der Waals surface area contributed by atoms with Crippen LogP contribution in [0.2, 0.25) is 0 Å². The van der Waals surface area contributed by atoms with Crippen molar-refractivity contribution in [2.75, 3.05) is 35.8 Å². The van der Waals surface area contributed by atoms with Gasteiger partial charge in [-0.3, -0.25) is 14.0 Å². The van der Waals surface area contributed by atoms with Gasteiger partial charge in [-0.2, -0.15) is 0 Å². The smallest absolute Gasteiger partial charge is 0.148 e. The highest BCUT2D eigenvalue weighted by molar-refractivity contribution is 8.27. The topological polar surface area (TPSA) is 50.2 Å². The minimum atomic E-state index is -3.45. The molecule has 0 bridgehead atoms. The maximum Gasteiger partial charge on any atom is 0.148 e. The van der Waals surface area contributed by atoms with Crippen LogP contribution in [0.5, 0.6) is 0 Å². The molecule has 1 aliphatic rings. The molecule has 0 fully saturated rings. The van der Waals surface area contributed by atoms with E-state index in [2.05, 4.69) is 11.8 Å². The third-order valence-electron chi connectivity index (χ3n) is 3.72. The molecule has 0 atom stereocenters. The van der Waals surface area contributed by atoms with Crippen LogP contribution in [0.4, 0.5) is 21.5 Å². The molecule has 0 radical (unpaired) electrons. The molecule has 0 unspecified atom stereocenters. The van der Waals surface area contributed by atoms with Gasteiger partial charge in [0, 0.05) is 0 Å². The molecular weight excluding hydrogens is 341 g/mol. The van der Waals surface area contributed by atoms with Gasteiger partial charge in [0.1, 0.15) is 18.0 Å². The first-order valence-corrected chi connectivity index (χ1v) is 9.19. The van der Waals surface area contributed by atoms with Crippen molar-refractivity contribution in [2.45, 2.75) is 0 Å². The molecule has 25 heavy (non-hydrogen) atoms. The van der Waals surface area contributed by atoms with Gasteiger partial charge >= 0.3 is 0 Å². The van der Waals surface area contributed by atoms with Gasteiger partial charge in [0.25, 0.3) is 0 Å². The average molecular weight is 361 g/mol. The van der Waals surface area contributed by atoms with E-state index in [1.807, 2.05) is 19.0 Å². The van der Waals surface area contributed by atoms with Gasteiger partial charge in [0.15, 0.2) is 0 Å². The van der Waals surface area contributed by atoms with Crippen LogP contribution in [-0.2, 0) is 0 Å². The fraction of sp³-hybridized carbons (Fsp3) is 0.222. The van der Waals surface area contributed by atoms with E-state index in [0.29, 0.717) is 17.9 Å². The number of hydrogen-bond acceptors (Lipinski definition) is 5. The molecule has 0 aliphatic carbocycles. The van der Waals surface area contributed by atoms with Crippen LogP contribution in [0.25, 0.3) is 0 Å². The van der Waals surface area contributed by atoms with Crippen LogP contribution in [0.1, 0.15) is 0 Å². The molecule has 5 nitrogen and oxygen atoms in total. The van der Waals surface area contributed by atoms with Gasteiger partial charge in [-0.25, -0.2) is 13.0 Å². The summed E-state index contributed by atoms with van der Waals surface area (Å²) in [5.41, 5.74) is 1.28. The van der Waals surface area contributed by atoms with E-state index in [4.69, 9.17) is 0 Å². The minimum absolute atomic E-state index is 0.124. The molecule has 132 valence electrons. The van der Waals surface area contributed by atoms with E-state index in [0.717, 1.165) is 0 Å². The van der Waals surface area contributed by atoms with Crippen molar-refractivity contribution in [3.05, 3.63) is 54.3 Å².